The quantitative estimate of drug-likeness (QED) is 0.925. The van der Waals surface area contributed by atoms with E-state index in [0.717, 1.165) is 24.3 Å². The first-order valence-corrected chi connectivity index (χ1v) is 6.84. The van der Waals surface area contributed by atoms with Gasteiger partial charge in [0, 0.05) is 24.7 Å². The van der Waals surface area contributed by atoms with Crippen LogP contribution in [0.15, 0.2) is 24.3 Å². The van der Waals surface area contributed by atoms with Gasteiger partial charge in [-0.1, -0.05) is 18.2 Å². The van der Waals surface area contributed by atoms with Gasteiger partial charge in [-0.2, -0.15) is 0 Å². The minimum Gasteiger partial charge on any atom is -0.491 e. The van der Waals surface area contributed by atoms with E-state index in [0.29, 0.717) is 13.0 Å². The van der Waals surface area contributed by atoms with Crippen LogP contribution < -0.4 is 10.5 Å². The van der Waals surface area contributed by atoms with E-state index in [1.165, 1.54) is 0 Å². The first kappa shape index (κ1) is 16.8. The fraction of sp³-hybridized carbons (Fsp3) is 0.533. The molecule has 0 aromatic heterocycles. The average molecular weight is 299 g/mol. The van der Waals surface area contributed by atoms with Gasteiger partial charge >= 0.3 is 0 Å². The molecule has 0 saturated carbocycles. The third kappa shape index (κ3) is 4.39. The molecule has 1 amide bonds. The van der Waals surface area contributed by atoms with E-state index in [1.54, 1.807) is 0 Å². The predicted molar refractivity (Wildman–Crippen MR) is 82.3 cm³/mol. The molecule has 0 radical (unpaired) electrons. The minimum atomic E-state index is 0. The molecule has 0 aliphatic carbocycles. The number of hydrogen-bond donors (Lipinski definition) is 1. The summed E-state index contributed by atoms with van der Waals surface area (Å²) in [5.41, 5.74) is 6.78. The van der Waals surface area contributed by atoms with E-state index < -0.39 is 0 Å². The molecule has 0 bridgehead atoms. The van der Waals surface area contributed by atoms with E-state index in [4.69, 9.17) is 10.5 Å². The lowest BCUT2D eigenvalue weighted by atomic mass is 10.1. The van der Waals surface area contributed by atoms with Crippen LogP contribution in [0.3, 0.4) is 0 Å². The fourth-order valence-electron chi connectivity index (χ4n) is 2.31. The third-order valence-corrected chi connectivity index (χ3v) is 3.25. The number of carbonyl (C=O) groups is 1. The number of ether oxygens (including phenoxy) is 1. The van der Waals surface area contributed by atoms with Crippen LogP contribution in [0, 0.1) is 0 Å². The van der Waals surface area contributed by atoms with Crippen LogP contribution in [0.4, 0.5) is 0 Å². The Morgan fingerprint density at radius 2 is 2.15 bits per heavy atom. The van der Waals surface area contributed by atoms with Crippen molar-refractivity contribution in [3.8, 4) is 5.75 Å². The van der Waals surface area contributed by atoms with Crippen LogP contribution in [0.1, 0.15) is 25.8 Å². The standard InChI is InChI=1S/C15H22N2O2.ClH/c1-11(2)19-14-6-4-3-5-12(14)9-15(18)17-8-7-13(16)10-17;/h3-6,11,13H,7-10,16H2,1-2H3;1H/t13-;/m0./s1. The van der Waals surface area contributed by atoms with Gasteiger partial charge in [-0.25, -0.2) is 0 Å². The summed E-state index contributed by atoms with van der Waals surface area (Å²) in [6, 6.07) is 7.86. The molecule has 20 heavy (non-hydrogen) atoms. The van der Waals surface area contributed by atoms with Crippen LogP contribution in [0.25, 0.3) is 0 Å². The normalized spacial score (nSPS) is 18.0. The second-order valence-corrected chi connectivity index (χ2v) is 5.34. The Morgan fingerprint density at radius 1 is 1.45 bits per heavy atom. The van der Waals surface area contributed by atoms with Crippen molar-refractivity contribution in [2.24, 2.45) is 5.73 Å². The molecular formula is C15H23ClN2O2. The average Bonchev–Trinajstić information content (AvgIpc) is 2.78. The first-order valence-electron chi connectivity index (χ1n) is 6.84. The Morgan fingerprint density at radius 3 is 2.75 bits per heavy atom. The first-order chi connectivity index (χ1) is 9.06. The Hall–Kier alpha value is -1.26. The second kappa shape index (κ2) is 7.50. The van der Waals surface area contributed by atoms with Crippen molar-refractivity contribution >= 4 is 18.3 Å². The summed E-state index contributed by atoms with van der Waals surface area (Å²) < 4.78 is 5.73. The highest BCUT2D eigenvalue weighted by atomic mass is 35.5. The number of amides is 1. The molecule has 4 nitrogen and oxygen atoms in total. The second-order valence-electron chi connectivity index (χ2n) is 5.34. The fourth-order valence-corrected chi connectivity index (χ4v) is 2.31. The maximum absolute atomic E-state index is 12.2. The van der Waals surface area contributed by atoms with E-state index in [9.17, 15) is 4.79 Å². The molecule has 112 valence electrons. The molecule has 1 atom stereocenters. The molecular weight excluding hydrogens is 276 g/mol. The zero-order valence-electron chi connectivity index (χ0n) is 12.0. The van der Waals surface area contributed by atoms with Crippen molar-refractivity contribution in [2.75, 3.05) is 13.1 Å². The van der Waals surface area contributed by atoms with Gasteiger partial charge in [0.25, 0.3) is 0 Å². The van der Waals surface area contributed by atoms with Gasteiger partial charge in [0.2, 0.25) is 5.91 Å². The zero-order chi connectivity index (χ0) is 13.8. The van der Waals surface area contributed by atoms with Gasteiger partial charge in [0.1, 0.15) is 5.75 Å². The summed E-state index contributed by atoms with van der Waals surface area (Å²) in [5, 5.41) is 0. The number of rotatable bonds is 4. The summed E-state index contributed by atoms with van der Waals surface area (Å²) in [4.78, 5) is 14.1. The monoisotopic (exact) mass is 298 g/mol. The Labute approximate surface area is 126 Å². The van der Waals surface area contributed by atoms with E-state index >= 15 is 0 Å². The number of para-hydroxylation sites is 1. The topological polar surface area (TPSA) is 55.6 Å². The SMILES string of the molecule is CC(C)Oc1ccccc1CC(=O)N1CC[C@H](N)C1.Cl. The van der Waals surface area contributed by atoms with Crippen molar-refractivity contribution in [1.29, 1.82) is 0 Å². The molecule has 1 aromatic carbocycles. The number of benzene rings is 1. The molecule has 2 N–H and O–H groups in total. The number of nitrogens with zero attached hydrogens (tertiary/aromatic N) is 1. The largest absolute Gasteiger partial charge is 0.491 e. The molecule has 1 aliphatic rings. The van der Waals surface area contributed by atoms with Gasteiger partial charge in [-0.15, -0.1) is 12.4 Å². The van der Waals surface area contributed by atoms with Crippen LogP contribution in [-0.4, -0.2) is 36.0 Å². The lowest BCUT2D eigenvalue weighted by Gasteiger charge is -2.18. The number of carbonyl (C=O) groups excluding carboxylic acids is 1. The zero-order valence-corrected chi connectivity index (χ0v) is 12.9. The van der Waals surface area contributed by atoms with Gasteiger partial charge < -0.3 is 15.4 Å². The Kier molecular flexibility index (Phi) is 6.30. The molecule has 1 aliphatic heterocycles. The van der Waals surface area contributed by atoms with Gasteiger partial charge in [0.15, 0.2) is 0 Å². The number of nitrogens with two attached hydrogens (primary N) is 1. The third-order valence-electron chi connectivity index (χ3n) is 3.25. The van der Waals surface area contributed by atoms with E-state index in [2.05, 4.69) is 0 Å². The molecule has 5 heteroatoms. The Bertz CT molecular complexity index is 451. The Balaban J connectivity index is 0.00000200. The summed E-state index contributed by atoms with van der Waals surface area (Å²) >= 11 is 0. The van der Waals surface area contributed by atoms with Gasteiger partial charge in [0.05, 0.1) is 12.5 Å². The van der Waals surface area contributed by atoms with Crippen LogP contribution in [0.2, 0.25) is 0 Å². The molecule has 1 heterocycles. The molecule has 0 unspecified atom stereocenters. The number of likely N-dealkylation sites (tertiary alicyclic amines) is 1. The molecule has 0 spiro atoms. The molecule has 2 rings (SSSR count). The smallest absolute Gasteiger partial charge is 0.227 e. The van der Waals surface area contributed by atoms with Crippen molar-refractivity contribution in [3.05, 3.63) is 29.8 Å². The minimum absolute atomic E-state index is 0. The maximum atomic E-state index is 12.2. The highest BCUT2D eigenvalue weighted by Gasteiger charge is 2.24. The van der Waals surface area contributed by atoms with E-state index in [-0.39, 0.29) is 30.5 Å². The van der Waals surface area contributed by atoms with Crippen LogP contribution in [0.5, 0.6) is 5.75 Å². The summed E-state index contributed by atoms with van der Waals surface area (Å²) in [7, 11) is 0. The van der Waals surface area contributed by atoms with Gasteiger partial charge in [-0.3, -0.25) is 4.79 Å². The van der Waals surface area contributed by atoms with Crippen molar-refractivity contribution in [3.63, 3.8) is 0 Å². The van der Waals surface area contributed by atoms with Crippen LogP contribution in [-0.2, 0) is 11.2 Å². The summed E-state index contributed by atoms with van der Waals surface area (Å²) in [5.74, 6) is 0.933. The van der Waals surface area contributed by atoms with Gasteiger partial charge in [-0.05, 0) is 26.3 Å². The molecule has 1 aromatic rings. The summed E-state index contributed by atoms with van der Waals surface area (Å²) in [6.45, 7) is 5.41. The highest BCUT2D eigenvalue weighted by molar-refractivity contribution is 5.85. The van der Waals surface area contributed by atoms with Crippen molar-refractivity contribution < 1.29 is 9.53 Å². The predicted octanol–water partition coefficient (Wildman–Crippen LogP) is 2.00. The van der Waals surface area contributed by atoms with E-state index in [1.807, 2.05) is 43.0 Å². The maximum Gasteiger partial charge on any atom is 0.227 e. The molecule has 1 fully saturated rings. The molecule has 1 saturated heterocycles. The van der Waals surface area contributed by atoms with Crippen molar-refractivity contribution in [1.82, 2.24) is 4.90 Å². The number of hydrogen-bond acceptors (Lipinski definition) is 3. The lowest BCUT2D eigenvalue weighted by molar-refractivity contribution is -0.129. The lowest BCUT2D eigenvalue weighted by Crippen LogP contribution is -2.33. The number of halogens is 1. The van der Waals surface area contributed by atoms with Crippen molar-refractivity contribution in [2.45, 2.75) is 38.8 Å². The highest BCUT2D eigenvalue weighted by Crippen LogP contribution is 2.21. The summed E-state index contributed by atoms with van der Waals surface area (Å²) in [6.07, 6.45) is 1.39. The van der Waals surface area contributed by atoms with Crippen LogP contribution >= 0.6 is 12.4 Å².